The van der Waals surface area contributed by atoms with Crippen molar-refractivity contribution in [2.24, 2.45) is 5.73 Å². The molecule has 1 fully saturated rings. The minimum Gasteiger partial charge on any atom is -0.497 e. The molecular formula is C17H27N3O. The number of ether oxygens (including phenoxy) is 1. The van der Waals surface area contributed by atoms with Crippen LogP contribution in [0.2, 0.25) is 0 Å². The Morgan fingerprint density at radius 2 is 2.00 bits per heavy atom. The quantitative estimate of drug-likeness (QED) is 0.919. The summed E-state index contributed by atoms with van der Waals surface area (Å²) in [6.07, 6.45) is 2.30. The molecule has 1 heterocycles. The summed E-state index contributed by atoms with van der Waals surface area (Å²) in [7, 11) is 1.72. The van der Waals surface area contributed by atoms with Crippen molar-refractivity contribution >= 4 is 0 Å². The third-order valence-corrected chi connectivity index (χ3v) is 5.16. The van der Waals surface area contributed by atoms with Crippen LogP contribution in [0.1, 0.15) is 30.5 Å². The van der Waals surface area contributed by atoms with Gasteiger partial charge in [-0.15, -0.1) is 0 Å². The monoisotopic (exact) mass is 289 g/mol. The van der Waals surface area contributed by atoms with E-state index in [9.17, 15) is 0 Å². The van der Waals surface area contributed by atoms with Gasteiger partial charge in [0.05, 0.1) is 7.11 Å². The van der Waals surface area contributed by atoms with Crippen LogP contribution in [0.3, 0.4) is 0 Å². The lowest BCUT2D eigenvalue weighted by molar-refractivity contribution is 0.0800. The summed E-state index contributed by atoms with van der Waals surface area (Å²) < 4.78 is 5.36. The van der Waals surface area contributed by atoms with Gasteiger partial charge in [-0.3, -0.25) is 4.90 Å². The van der Waals surface area contributed by atoms with Crippen LogP contribution in [0.25, 0.3) is 0 Å². The average molecular weight is 289 g/mol. The van der Waals surface area contributed by atoms with Gasteiger partial charge in [0.25, 0.3) is 0 Å². The predicted molar refractivity (Wildman–Crippen MR) is 85.7 cm³/mol. The van der Waals surface area contributed by atoms with Crippen LogP contribution in [-0.4, -0.2) is 55.7 Å². The molecule has 4 nitrogen and oxygen atoms in total. The van der Waals surface area contributed by atoms with Crippen molar-refractivity contribution in [2.45, 2.75) is 31.8 Å². The molecule has 0 amide bonds. The molecule has 0 aromatic heterocycles. The molecule has 0 spiro atoms. The molecule has 1 aromatic rings. The van der Waals surface area contributed by atoms with E-state index in [0.717, 1.165) is 31.8 Å². The van der Waals surface area contributed by atoms with Gasteiger partial charge in [0.15, 0.2) is 0 Å². The summed E-state index contributed by atoms with van der Waals surface area (Å²) >= 11 is 0. The highest BCUT2D eigenvalue weighted by Gasteiger charge is 2.32. The number of nitrogens with two attached hydrogens (primary N) is 1. The first kappa shape index (κ1) is 14.8. The Morgan fingerprint density at radius 3 is 2.67 bits per heavy atom. The Balaban J connectivity index is 1.74. The first-order valence-electron chi connectivity index (χ1n) is 8.11. The molecule has 4 heteroatoms. The van der Waals surface area contributed by atoms with Crippen molar-refractivity contribution in [3.8, 4) is 5.75 Å². The molecular weight excluding hydrogens is 262 g/mol. The number of benzene rings is 1. The first-order valence-corrected chi connectivity index (χ1v) is 8.11. The largest absolute Gasteiger partial charge is 0.497 e. The highest BCUT2D eigenvalue weighted by atomic mass is 16.5. The van der Waals surface area contributed by atoms with E-state index in [2.05, 4.69) is 28.9 Å². The van der Waals surface area contributed by atoms with Crippen LogP contribution in [0, 0.1) is 0 Å². The van der Waals surface area contributed by atoms with Gasteiger partial charge >= 0.3 is 0 Å². The van der Waals surface area contributed by atoms with Crippen molar-refractivity contribution < 1.29 is 4.74 Å². The summed E-state index contributed by atoms with van der Waals surface area (Å²) in [5.41, 5.74) is 9.28. The van der Waals surface area contributed by atoms with Crippen LogP contribution in [0.5, 0.6) is 5.75 Å². The number of piperazine rings is 1. The summed E-state index contributed by atoms with van der Waals surface area (Å²) in [4.78, 5) is 5.11. The topological polar surface area (TPSA) is 41.7 Å². The summed E-state index contributed by atoms with van der Waals surface area (Å²) in [6, 6.07) is 6.94. The van der Waals surface area contributed by atoms with Crippen molar-refractivity contribution in [2.75, 3.05) is 39.8 Å². The second-order valence-electron chi connectivity index (χ2n) is 6.17. The maximum absolute atomic E-state index is 6.60. The second-order valence-corrected chi connectivity index (χ2v) is 6.17. The van der Waals surface area contributed by atoms with Crippen LogP contribution < -0.4 is 10.5 Å². The summed E-state index contributed by atoms with van der Waals surface area (Å²) in [5.74, 6) is 0.917. The molecule has 3 rings (SSSR count). The summed E-state index contributed by atoms with van der Waals surface area (Å²) in [6.45, 7) is 8.03. The van der Waals surface area contributed by atoms with Crippen molar-refractivity contribution in [1.82, 2.24) is 9.80 Å². The smallest absolute Gasteiger partial charge is 0.119 e. The second kappa shape index (κ2) is 6.34. The van der Waals surface area contributed by atoms with Gasteiger partial charge in [-0.1, -0.05) is 13.0 Å². The van der Waals surface area contributed by atoms with Gasteiger partial charge in [-0.05, 0) is 42.6 Å². The van der Waals surface area contributed by atoms with Crippen LogP contribution >= 0.6 is 0 Å². The number of methoxy groups -OCH3 is 1. The van der Waals surface area contributed by atoms with E-state index < -0.39 is 0 Å². The van der Waals surface area contributed by atoms with Gasteiger partial charge in [-0.25, -0.2) is 0 Å². The third kappa shape index (κ3) is 2.93. The molecule has 2 N–H and O–H groups in total. The number of fused-ring (bicyclic) bond motifs is 1. The Labute approximate surface area is 127 Å². The van der Waals surface area contributed by atoms with Gasteiger partial charge < -0.3 is 15.4 Å². The first-order chi connectivity index (χ1) is 10.2. The molecule has 1 saturated heterocycles. The maximum atomic E-state index is 6.60. The zero-order chi connectivity index (χ0) is 14.8. The SMILES string of the molecule is CCN1CCN(C2CCc3ccc(OC)cc3C2N)CC1. The Hall–Kier alpha value is -1.10. The van der Waals surface area contributed by atoms with E-state index in [1.807, 2.05) is 6.07 Å². The van der Waals surface area contributed by atoms with Crippen molar-refractivity contribution in [1.29, 1.82) is 0 Å². The minimum atomic E-state index is 0.108. The fourth-order valence-electron chi connectivity index (χ4n) is 3.75. The number of hydrogen-bond donors (Lipinski definition) is 1. The fourth-order valence-corrected chi connectivity index (χ4v) is 3.75. The van der Waals surface area contributed by atoms with Crippen molar-refractivity contribution in [3.63, 3.8) is 0 Å². The highest BCUT2D eigenvalue weighted by Crippen LogP contribution is 2.34. The van der Waals surface area contributed by atoms with Crippen molar-refractivity contribution in [3.05, 3.63) is 29.3 Å². The lowest BCUT2D eigenvalue weighted by Crippen LogP contribution is -2.54. The zero-order valence-electron chi connectivity index (χ0n) is 13.2. The lowest BCUT2D eigenvalue weighted by Gasteiger charge is -2.43. The lowest BCUT2D eigenvalue weighted by atomic mass is 9.83. The molecule has 1 aliphatic carbocycles. The number of hydrogen-bond acceptors (Lipinski definition) is 4. The Kier molecular flexibility index (Phi) is 4.48. The molecule has 21 heavy (non-hydrogen) atoms. The highest BCUT2D eigenvalue weighted by molar-refractivity contribution is 5.40. The van der Waals surface area contributed by atoms with E-state index in [1.165, 1.54) is 30.6 Å². The number of rotatable bonds is 3. The van der Waals surface area contributed by atoms with Gasteiger partial charge in [0.1, 0.15) is 5.75 Å². The number of nitrogens with zero attached hydrogens (tertiary/aromatic N) is 2. The normalized spacial score (nSPS) is 27.4. The molecule has 2 unspecified atom stereocenters. The third-order valence-electron chi connectivity index (χ3n) is 5.16. The molecule has 0 bridgehead atoms. The van der Waals surface area contributed by atoms with E-state index in [-0.39, 0.29) is 6.04 Å². The van der Waals surface area contributed by atoms with E-state index >= 15 is 0 Å². The van der Waals surface area contributed by atoms with E-state index in [1.54, 1.807) is 7.11 Å². The molecule has 116 valence electrons. The van der Waals surface area contributed by atoms with Gasteiger partial charge in [0.2, 0.25) is 0 Å². The molecule has 2 aliphatic rings. The molecule has 1 aromatic carbocycles. The van der Waals surface area contributed by atoms with Crippen LogP contribution in [0.4, 0.5) is 0 Å². The molecule has 2 atom stereocenters. The molecule has 1 aliphatic heterocycles. The fraction of sp³-hybridized carbons (Fsp3) is 0.647. The summed E-state index contributed by atoms with van der Waals surface area (Å²) in [5, 5.41) is 0. The van der Waals surface area contributed by atoms with Crippen LogP contribution in [0.15, 0.2) is 18.2 Å². The Morgan fingerprint density at radius 1 is 1.24 bits per heavy atom. The maximum Gasteiger partial charge on any atom is 0.119 e. The minimum absolute atomic E-state index is 0.108. The van der Waals surface area contributed by atoms with Crippen LogP contribution in [-0.2, 0) is 6.42 Å². The van der Waals surface area contributed by atoms with E-state index in [0.29, 0.717) is 6.04 Å². The van der Waals surface area contributed by atoms with Gasteiger partial charge in [0, 0.05) is 38.3 Å². The molecule has 0 radical (unpaired) electrons. The van der Waals surface area contributed by atoms with E-state index in [4.69, 9.17) is 10.5 Å². The standard InChI is InChI=1S/C17H27N3O/c1-3-19-8-10-20(11-9-19)16-7-5-13-4-6-14(21-2)12-15(13)17(16)18/h4,6,12,16-17H,3,5,7-11,18H2,1-2H3. The molecule has 0 saturated carbocycles. The predicted octanol–water partition coefficient (Wildman–Crippen LogP) is 1.65. The average Bonchev–Trinajstić information content (AvgIpc) is 2.55. The number of likely N-dealkylation sites (N-methyl/N-ethyl adjacent to an activating group) is 1. The zero-order valence-corrected chi connectivity index (χ0v) is 13.2. The Bertz CT molecular complexity index is 483. The number of aryl methyl sites for hydroxylation is 1. The van der Waals surface area contributed by atoms with Gasteiger partial charge in [-0.2, -0.15) is 0 Å².